The van der Waals surface area contributed by atoms with E-state index in [1.807, 2.05) is 19.9 Å². The van der Waals surface area contributed by atoms with E-state index in [2.05, 4.69) is 16.4 Å². The Bertz CT molecular complexity index is 374. The SMILES string of the molecule is CC(C)Oc1ncccc1CNC1CCCOCC1. The fraction of sp³-hybridized carbons (Fsp3) is 0.667. The standard InChI is InChI=1S/C15H24N2O2/c1-12(2)19-15-13(5-3-8-16-15)11-17-14-6-4-9-18-10-7-14/h3,5,8,12,14,17H,4,6-7,9-11H2,1-2H3. The molecular weight excluding hydrogens is 240 g/mol. The largest absolute Gasteiger partial charge is 0.475 e. The molecule has 0 spiro atoms. The van der Waals surface area contributed by atoms with Gasteiger partial charge < -0.3 is 14.8 Å². The second-order valence-electron chi connectivity index (χ2n) is 5.26. The van der Waals surface area contributed by atoms with Crippen molar-refractivity contribution in [2.45, 2.75) is 51.8 Å². The summed E-state index contributed by atoms with van der Waals surface area (Å²) in [7, 11) is 0. The lowest BCUT2D eigenvalue weighted by Gasteiger charge is -2.17. The summed E-state index contributed by atoms with van der Waals surface area (Å²) in [4.78, 5) is 4.31. The van der Waals surface area contributed by atoms with Crippen LogP contribution in [-0.2, 0) is 11.3 Å². The lowest BCUT2D eigenvalue weighted by Crippen LogP contribution is -2.29. The van der Waals surface area contributed by atoms with E-state index in [9.17, 15) is 0 Å². The van der Waals surface area contributed by atoms with Gasteiger partial charge in [-0.15, -0.1) is 0 Å². The summed E-state index contributed by atoms with van der Waals surface area (Å²) in [5, 5.41) is 3.59. The number of hydrogen-bond donors (Lipinski definition) is 1. The molecule has 0 aliphatic carbocycles. The Morgan fingerprint density at radius 1 is 1.42 bits per heavy atom. The number of ether oxygens (including phenoxy) is 2. The van der Waals surface area contributed by atoms with Crippen LogP contribution in [-0.4, -0.2) is 30.3 Å². The zero-order valence-electron chi connectivity index (χ0n) is 11.9. The van der Waals surface area contributed by atoms with E-state index in [1.165, 1.54) is 6.42 Å². The zero-order valence-corrected chi connectivity index (χ0v) is 11.9. The highest BCUT2D eigenvalue weighted by molar-refractivity contribution is 5.25. The van der Waals surface area contributed by atoms with E-state index < -0.39 is 0 Å². The average Bonchev–Trinajstić information content (AvgIpc) is 2.65. The Labute approximate surface area is 115 Å². The van der Waals surface area contributed by atoms with Crippen LogP contribution < -0.4 is 10.1 Å². The molecule has 1 N–H and O–H groups in total. The molecule has 0 amide bonds. The highest BCUT2D eigenvalue weighted by Gasteiger charge is 2.13. The van der Waals surface area contributed by atoms with Gasteiger partial charge in [-0.05, 0) is 39.2 Å². The zero-order chi connectivity index (χ0) is 13.5. The van der Waals surface area contributed by atoms with Gasteiger partial charge in [0.05, 0.1) is 6.10 Å². The van der Waals surface area contributed by atoms with E-state index >= 15 is 0 Å². The van der Waals surface area contributed by atoms with Crippen LogP contribution in [0, 0.1) is 0 Å². The Balaban J connectivity index is 1.90. The molecule has 1 aromatic heterocycles. The molecule has 1 aliphatic rings. The Kier molecular flexibility index (Phi) is 5.61. The lowest BCUT2D eigenvalue weighted by atomic mass is 10.1. The second-order valence-corrected chi connectivity index (χ2v) is 5.26. The maximum absolute atomic E-state index is 5.73. The summed E-state index contributed by atoms with van der Waals surface area (Å²) in [6.07, 6.45) is 5.34. The van der Waals surface area contributed by atoms with Gasteiger partial charge in [-0.25, -0.2) is 4.98 Å². The number of hydrogen-bond acceptors (Lipinski definition) is 4. The van der Waals surface area contributed by atoms with Crippen molar-refractivity contribution in [2.24, 2.45) is 0 Å². The molecule has 1 aliphatic heterocycles. The van der Waals surface area contributed by atoms with Crippen molar-refractivity contribution in [3.63, 3.8) is 0 Å². The van der Waals surface area contributed by atoms with Crippen LogP contribution in [0.1, 0.15) is 38.7 Å². The van der Waals surface area contributed by atoms with Gasteiger partial charge in [0.2, 0.25) is 5.88 Å². The summed E-state index contributed by atoms with van der Waals surface area (Å²) < 4.78 is 11.2. The van der Waals surface area contributed by atoms with Crippen molar-refractivity contribution in [2.75, 3.05) is 13.2 Å². The van der Waals surface area contributed by atoms with Crippen molar-refractivity contribution in [3.8, 4) is 5.88 Å². The maximum atomic E-state index is 5.73. The molecule has 1 unspecified atom stereocenters. The minimum Gasteiger partial charge on any atom is -0.475 e. The van der Waals surface area contributed by atoms with Crippen LogP contribution >= 0.6 is 0 Å². The van der Waals surface area contributed by atoms with Crippen LogP contribution in [0.2, 0.25) is 0 Å². The third-order valence-electron chi connectivity index (χ3n) is 3.23. The molecule has 0 aromatic carbocycles. The van der Waals surface area contributed by atoms with Crippen LogP contribution in [0.15, 0.2) is 18.3 Å². The summed E-state index contributed by atoms with van der Waals surface area (Å²) in [5.41, 5.74) is 1.13. The first-order valence-electron chi connectivity index (χ1n) is 7.17. The first-order chi connectivity index (χ1) is 9.25. The predicted molar refractivity (Wildman–Crippen MR) is 75.3 cm³/mol. The minimum atomic E-state index is 0.153. The van der Waals surface area contributed by atoms with E-state index in [0.717, 1.165) is 44.0 Å². The van der Waals surface area contributed by atoms with Gasteiger partial charge in [-0.1, -0.05) is 6.07 Å². The normalized spacial score (nSPS) is 20.3. The third kappa shape index (κ3) is 4.80. The molecule has 1 saturated heterocycles. The maximum Gasteiger partial charge on any atom is 0.218 e. The van der Waals surface area contributed by atoms with Gasteiger partial charge >= 0.3 is 0 Å². The molecular formula is C15H24N2O2. The van der Waals surface area contributed by atoms with Crippen LogP contribution in [0.25, 0.3) is 0 Å². The molecule has 4 heteroatoms. The number of aromatic nitrogens is 1. The highest BCUT2D eigenvalue weighted by Crippen LogP contribution is 2.17. The number of nitrogens with zero attached hydrogens (tertiary/aromatic N) is 1. The van der Waals surface area contributed by atoms with Gasteiger partial charge in [0, 0.05) is 37.6 Å². The fourth-order valence-corrected chi connectivity index (χ4v) is 2.25. The van der Waals surface area contributed by atoms with Crippen LogP contribution in [0.4, 0.5) is 0 Å². The van der Waals surface area contributed by atoms with Gasteiger partial charge in [-0.2, -0.15) is 0 Å². The molecule has 0 saturated carbocycles. The first kappa shape index (κ1) is 14.3. The van der Waals surface area contributed by atoms with Gasteiger partial charge in [0.1, 0.15) is 0 Å². The van der Waals surface area contributed by atoms with Crippen molar-refractivity contribution < 1.29 is 9.47 Å². The van der Waals surface area contributed by atoms with Gasteiger partial charge in [0.25, 0.3) is 0 Å². The first-order valence-corrected chi connectivity index (χ1v) is 7.17. The number of pyridine rings is 1. The molecule has 0 radical (unpaired) electrons. The third-order valence-corrected chi connectivity index (χ3v) is 3.23. The molecule has 0 bridgehead atoms. The van der Waals surface area contributed by atoms with Crippen molar-refractivity contribution in [1.82, 2.24) is 10.3 Å². The molecule has 2 rings (SSSR count). The van der Waals surface area contributed by atoms with Gasteiger partial charge in [-0.3, -0.25) is 0 Å². The molecule has 2 heterocycles. The smallest absolute Gasteiger partial charge is 0.218 e. The topological polar surface area (TPSA) is 43.4 Å². The van der Waals surface area contributed by atoms with Crippen LogP contribution in [0.3, 0.4) is 0 Å². The quantitative estimate of drug-likeness (QED) is 0.887. The predicted octanol–water partition coefficient (Wildman–Crippen LogP) is 2.53. The highest BCUT2D eigenvalue weighted by atomic mass is 16.5. The summed E-state index contributed by atoms with van der Waals surface area (Å²) >= 11 is 0. The summed E-state index contributed by atoms with van der Waals surface area (Å²) in [6, 6.07) is 4.57. The molecule has 1 atom stereocenters. The van der Waals surface area contributed by atoms with E-state index in [4.69, 9.17) is 9.47 Å². The van der Waals surface area contributed by atoms with E-state index in [0.29, 0.717) is 6.04 Å². The van der Waals surface area contributed by atoms with Crippen molar-refractivity contribution in [1.29, 1.82) is 0 Å². The molecule has 106 valence electrons. The lowest BCUT2D eigenvalue weighted by molar-refractivity contribution is 0.142. The number of rotatable bonds is 5. The fourth-order valence-electron chi connectivity index (χ4n) is 2.25. The van der Waals surface area contributed by atoms with E-state index in [-0.39, 0.29) is 6.10 Å². The molecule has 1 aromatic rings. The van der Waals surface area contributed by atoms with Gasteiger partial charge in [0.15, 0.2) is 0 Å². The number of nitrogens with one attached hydrogen (secondary N) is 1. The molecule has 19 heavy (non-hydrogen) atoms. The Morgan fingerprint density at radius 2 is 2.32 bits per heavy atom. The van der Waals surface area contributed by atoms with Crippen LogP contribution in [0.5, 0.6) is 5.88 Å². The second kappa shape index (κ2) is 7.46. The Hall–Kier alpha value is -1.13. The summed E-state index contributed by atoms with van der Waals surface area (Å²) in [6.45, 7) is 6.61. The average molecular weight is 264 g/mol. The molecule has 4 nitrogen and oxygen atoms in total. The van der Waals surface area contributed by atoms with Crippen molar-refractivity contribution in [3.05, 3.63) is 23.9 Å². The van der Waals surface area contributed by atoms with E-state index in [1.54, 1.807) is 6.20 Å². The monoisotopic (exact) mass is 264 g/mol. The molecule has 1 fully saturated rings. The Morgan fingerprint density at radius 3 is 3.16 bits per heavy atom. The minimum absolute atomic E-state index is 0.153. The summed E-state index contributed by atoms with van der Waals surface area (Å²) in [5.74, 6) is 0.745. The van der Waals surface area contributed by atoms with Crippen molar-refractivity contribution >= 4 is 0 Å².